The van der Waals surface area contributed by atoms with E-state index in [0.717, 1.165) is 31.5 Å². The van der Waals surface area contributed by atoms with E-state index in [-0.39, 0.29) is 0 Å². The fraction of sp³-hybridized carbons (Fsp3) is 0.947. The van der Waals surface area contributed by atoms with Crippen LogP contribution >= 0.6 is 0 Å². The largest absolute Gasteiger partial charge is 0.356 e. The van der Waals surface area contributed by atoms with E-state index in [4.69, 9.17) is 0 Å². The van der Waals surface area contributed by atoms with Gasteiger partial charge in [-0.3, -0.25) is 4.99 Å². The fourth-order valence-corrected chi connectivity index (χ4v) is 3.94. The van der Waals surface area contributed by atoms with Crippen LogP contribution in [0.5, 0.6) is 0 Å². The fourth-order valence-electron chi connectivity index (χ4n) is 3.94. The molecule has 0 atom stereocenters. The van der Waals surface area contributed by atoms with Crippen molar-refractivity contribution >= 4 is 5.96 Å². The number of aliphatic imine (C=N–C) groups is 1. The van der Waals surface area contributed by atoms with E-state index >= 15 is 0 Å². The third kappa shape index (κ3) is 7.84. The molecule has 24 heavy (non-hydrogen) atoms. The van der Waals surface area contributed by atoms with E-state index in [1.54, 1.807) is 0 Å². The summed E-state index contributed by atoms with van der Waals surface area (Å²) in [6.07, 6.45) is 11.2. The molecule has 0 unspecified atom stereocenters. The lowest BCUT2D eigenvalue weighted by Crippen LogP contribution is -2.42. The summed E-state index contributed by atoms with van der Waals surface area (Å²) in [4.78, 5) is 9.33. The SMILES string of the molecule is CN=C(NCCCCC1CCCC1)NCCN1CCCN(C)CC1. The van der Waals surface area contributed by atoms with Gasteiger partial charge in [0.25, 0.3) is 0 Å². The van der Waals surface area contributed by atoms with Gasteiger partial charge in [0.1, 0.15) is 0 Å². The molecule has 1 aliphatic heterocycles. The highest BCUT2D eigenvalue weighted by Gasteiger charge is 2.14. The van der Waals surface area contributed by atoms with E-state index in [0.29, 0.717) is 0 Å². The van der Waals surface area contributed by atoms with Crippen molar-refractivity contribution in [2.75, 3.05) is 59.9 Å². The first kappa shape index (κ1) is 19.5. The van der Waals surface area contributed by atoms with Crippen molar-refractivity contribution < 1.29 is 0 Å². The average molecular weight is 338 g/mol. The number of nitrogens with one attached hydrogen (secondary N) is 2. The van der Waals surface area contributed by atoms with Gasteiger partial charge >= 0.3 is 0 Å². The van der Waals surface area contributed by atoms with Crippen LogP contribution in [0, 0.1) is 5.92 Å². The Balaban J connectivity index is 1.49. The molecule has 0 aromatic rings. The third-order valence-electron chi connectivity index (χ3n) is 5.56. The minimum Gasteiger partial charge on any atom is -0.356 e. The first-order chi connectivity index (χ1) is 11.8. The Morgan fingerprint density at radius 1 is 0.958 bits per heavy atom. The Hall–Kier alpha value is -0.810. The highest BCUT2D eigenvalue weighted by atomic mass is 15.2. The third-order valence-corrected chi connectivity index (χ3v) is 5.56. The molecule has 0 spiro atoms. The van der Waals surface area contributed by atoms with Gasteiger partial charge in [-0.1, -0.05) is 38.5 Å². The lowest BCUT2D eigenvalue weighted by Gasteiger charge is -2.21. The summed E-state index contributed by atoms with van der Waals surface area (Å²) in [5.74, 6) is 1.98. The molecule has 5 nitrogen and oxygen atoms in total. The maximum absolute atomic E-state index is 4.34. The van der Waals surface area contributed by atoms with E-state index in [2.05, 4.69) is 32.5 Å². The number of likely N-dealkylation sites (N-methyl/N-ethyl adjacent to an activating group) is 1. The van der Waals surface area contributed by atoms with Gasteiger partial charge in [0.2, 0.25) is 0 Å². The van der Waals surface area contributed by atoms with Crippen molar-refractivity contribution in [1.82, 2.24) is 20.4 Å². The average Bonchev–Trinajstić information content (AvgIpc) is 3.02. The number of unbranched alkanes of at least 4 members (excludes halogenated alkanes) is 1. The maximum atomic E-state index is 4.34. The molecule has 0 radical (unpaired) electrons. The van der Waals surface area contributed by atoms with Crippen LogP contribution in [0.15, 0.2) is 4.99 Å². The normalized spacial score (nSPS) is 21.8. The van der Waals surface area contributed by atoms with Crippen molar-refractivity contribution in [3.63, 3.8) is 0 Å². The van der Waals surface area contributed by atoms with Crippen LogP contribution < -0.4 is 10.6 Å². The molecule has 0 amide bonds. The molecule has 2 aliphatic rings. The molecule has 2 N–H and O–H groups in total. The topological polar surface area (TPSA) is 42.9 Å². The quantitative estimate of drug-likeness (QED) is 0.405. The minimum absolute atomic E-state index is 0.961. The highest BCUT2D eigenvalue weighted by Crippen LogP contribution is 2.28. The van der Waals surface area contributed by atoms with E-state index in [1.807, 2.05) is 7.05 Å². The molecule has 0 bridgehead atoms. The number of rotatable bonds is 8. The lowest BCUT2D eigenvalue weighted by molar-refractivity contribution is 0.280. The second kappa shape index (κ2) is 11.7. The molecule has 5 heteroatoms. The van der Waals surface area contributed by atoms with Crippen LogP contribution in [0.2, 0.25) is 0 Å². The standard InChI is InChI=1S/C19H39N5/c1-20-19(21-11-6-5-10-18-8-3-4-9-18)22-12-15-24-14-7-13-23(2)16-17-24/h18H,3-17H2,1-2H3,(H2,20,21,22). The van der Waals surface area contributed by atoms with Gasteiger partial charge in [0.15, 0.2) is 5.96 Å². The summed E-state index contributed by atoms with van der Waals surface area (Å²) < 4.78 is 0. The predicted octanol–water partition coefficient (Wildman–Crippen LogP) is 2.15. The molecule has 1 saturated heterocycles. The van der Waals surface area contributed by atoms with Crippen molar-refractivity contribution in [3.8, 4) is 0 Å². The Morgan fingerprint density at radius 2 is 1.75 bits per heavy atom. The Labute approximate surface area is 149 Å². The summed E-state index contributed by atoms with van der Waals surface area (Å²) in [5.41, 5.74) is 0. The van der Waals surface area contributed by atoms with Gasteiger partial charge < -0.3 is 20.4 Å². The zero-order valence-electron chi connectivity index (χ0n) is 16.0. The Morgan fingerprint density at radius 3 is 2.54 bits per heavy atom. The molecular weight excluding hydrogens is 298 g/mol. The first-order valence-electron chi connectivity index (χ1n) is 10.1. The van der Waals surface area contributed by atoms with Crippen molar-refractivity contribution in [2.45, 2.75) is 51.4 Å². The summed E-state index contributed by atoms with van der Waals surface area (Å²) in [6.45, 7) is 7.95. The van der Waals surface area contributed by atoms with Gasteiger partial charge in [0.05, 0.1) is 0 Å². The Kier molecular flexibility index (Phi) is 9.51. The molecule has 1 heterocycles. The van der Waals surface area contributed by atoms with Gasteiger partial charge in [-0.15, -0.1) is 0 Å². The number of nitrogens with zero attached hydrogens (tertiary/aromatic N) is 3. The van der Waals surface area contributed by atoms with E-state index < -0.39 is 0 Å². The molecule has 0 aromatic heterocycles. The molecule has 2 rings (SSSR count). The Bertz CT molecular complexity index is 352. The number of guanidine groups is 1. The van der Waals surface area contributed by atoms with Crippen LogP contribution in [0.4, 0.5) is 0 Å². The first-order valence-corrected chi connectivity index (χ1v) is 10.1. The van der Waals surface area contributed by atoms with Gasteiger partial charge in [-0.25, -0.2) is 0 Å². The van der Waals surface area contributed by atoms with Crippen LogP contribution in [0.3, 0.4) is 0 Å². The predicted molar refractivity (Wildman–Crippen MR) is 104 cm³/mol. The van der Waals surface area contributed by atoms with Crippen molar-refractivity contribution in [2.24, 2.45) is 10.9 Å². The minimum atomic E-state index is 0.961. The van der Waals surface area contributed by atoms with Gasteiger partial charge in [-0.2, -0.15) is 0 Å². The molecule has 140 valence electrons. The molecular formula is C19H39N5. The second-order valence-corrected chi connectivity index (χ2v) is 7.57. The van der Waals surface area contributed by atoms with Crippen molar-refractivity contribution in [1.29, 1.82) is 0 Å². The number of hydrogen-bond donors (Lipinski definition) is 2. The smallest absolute Gasteiger partial charge is 0.191 e. The maximum Gasteiger partial charge on any atom is 0.191 e. The van der Waals surface area contributed by atoms with E-state index in [1.165, 1.54) is 77.5 Å². The number of hydrogen-bond acceptors (Lipinski definition) is 3. The molecule has 0 aromatic carbocycles. The molecule has 2 fully saturated rings. The van der Waals surface area contributed by atoms with E-state index in [9.17, 15) is 0 Å². The highest BCUT2D eigenvalue weighted by molar-refractivity contribution is 5.79. The van der Waals surface area contributed by atoms with Crippen LogP contribution in [0.25, 0.3) is 0 Å². The van der Waals surface area contributed by atoms with Crippen LogP contribution in [-0.2, 0) is 0 Å². The van der Waals surface area contributed by atoms with Gasteiger partial charge in [0, 0.05) is 39.8 Å². The molecule has 1 aliphatic carbocycles. The summed E-state index contributed by atoms with van der Waals surface area (Å²) in [5, 5.41) is 6.93. The lowest BCUT2D eigenvalue weighted by atomic mass is 10.0. The summed E-state index contributed by atoms with van der Waals surface area (Å²) >= 11 is 0. The monoisotopic (exact) mass is 337 g/mol. The second-order valence-electron chi connectivity index (χ2n) is 7.57. The van der Waals surface area contributed by atoms with Crippen molar-refractivity contribution in [3.05, 3.63) is 0 Å². The molecule has 1 saturated carbocycles. The summed E-state index contributed by atoms with van der Waals surface area (Å²) in [7, 11) is 4.09. The van der Waals surface area contributed by atoms with Crippen LogP contribution in [-0.4, -0.2) is 75.7 Å². The van der Waals surface area contributed by atoms with Gasteiger partial charge in [-0.05, 0) is 38.9 Å². The zero-order valence-corrected chi connectivity index (χ0v) is 16.0. The summed E-state index contributed by atoms with van der Waals surface area (Å²) in [6, 6.07) is 0. The zero-order chi connectivity index (χ0) is 17.0. The van der Waals surface area contributed by atoms with Crippen LogP contribution in [0.1, 0.15) is 51.4 Å².